The van der Waals surface area contributed by atoms with Crippen LogP contribution in [-0.2, 0) is 0 Å². The number of rotatable bonds is 6. The van der Waals surface area contributed by atoms with E-state index in [4.69, 9.17) is 0 Å². The van der Waals surface area contributed by atoms with Gasteiger partial charge in [0.25, 0.3) is 0 Å². The molecule has 0 N–H and O–H groups in total. The van der Waals surface area contributed by atoms with Gasteiger partial charge < -0.3 is 9.64 Å². The molecule has 2 nitrogen and oxygen atoms in total. The molecule has 7 heteroatoms. The lowest BCUT2D eigenvalue weighted by molar-refractivity contribution is 0.204. The van der Waals surface area contributed by atoms with Crippen molar-refractivity contribution in [2.45, 2.75) is 13.8 Å². The van der Waals surface area contributed by atoms with Crippen LogP contribution >= 0.6 is 0 Å². The Labute approximate surface area is 107 Å². The van der Waals surface area contributed by atoms with Gasteiger partial charge in [0.2, 0.25) is 29.1 Å². The van der Waals surface area contributed by atoms with Gasteiger partial charge in [-0.05, 0) is 13.1 Å². The van der Waals surface area contributed by atoms with Gasteiger partial charge in [-0.2, -0.15) is 8.78 Å². The minimum absolute atomic E-state index is 0.167. The molecule has 0 aromatic heterocycles. The number of nitrogens with zero attached hydrogens (tertiary/aromatic N) is 1. The Morgan fingerprint density at radius 1 is 0.789 bits per heavy atom. The molecule has 0 saturated heterocycles. The zero-order valence-corrected chi connectivity index (χ0v) is 10.6. The third-order valence-electron chi connectivity index (χ3n) is 2.72. The summed E-state index contributed by atoms with van der Waals surface area (Å²) in [5, 5.41) is 0. The molecule has 0 bridgehead atoms. The first-order valence-corrected chi connectivity index (χ1v) is 5.80. The summed E-state index contributed by atoms with van der Waals surface area (Å²) in [5.74, 6) is -11.3. The minimum Gasteiger partial charge on any atom is -0.486 e. The zero-order valence-electron chi connectivity index (χ0n) is 10.6. The third-order valence-corrected chi connectivity index (χ3v) is 2.72. The van der Waals surface area contributed by atoms with Crippen molar-refractivity contribution in [3.8, 4) is 5.75 Å². The standard InChI is InChI=1S/C12H14F5NO/c1-3-18(4-2)5-6-19-12-10(16)8(14)7(13)9(15)11(12)17/h3-6H2,1-2H3. The summed E-state index contributed by atoms with van der Waals surface area (Å²) in [6.45, 7) is 5.30. The van der Waals surface area contributed by atoms with Crippen molar-refractivity contribution >= 4 is 0 Å². The van der Waals surface area contributed by atoms with Crippen LogP contribution in [0.15, 0.2) is 0 Å². The van der Waals surface area contributed by atoms with E-state index >= 15 is 0 Å². The van der Waals surface area contributed by atoms with Crippen molar-refractivity contribution in [3.05, 3.63) is 29.1 Å². The molecule has 108 valence electrons. The molecule has 1 aromatic rings. The lowest BCUT2D eigenvalue weighted by Crippen LogP contribution is -2.28. The Kier molecular flexibility index (Phi) is 5.53. The smallest absolute Gasteiger partial charge is 0.206 e. The highest BCUT2D eigenvalue weighted by molar-refractivity contribution is 5.29. The fraction of sp³-hybridized carbons (Fsp3) is 0.500. The Morgan fingerprint density at radius 3 is 1.63 bits per heavy atom. The van der Waals surface area contributed by atoms with Gasteiger partial charge in [-0.1, -0.05) is 13.8 Å². The zero-order chi connectivity index (χ0) is 14.6. The maximum absolute atomic E-state index is 13.2. The topological polar surface area (TPSA) is 12.5 Å². The average molecular weight is 283 g/mol. The van der Waals surface area contributed by atoms with Crippen LogP contribution in [0.2, 0.25) is 0 Å². The van der Waals surface area contributed by atoms with Crippen molar-refractivity contribution in [2.24, 2.45) is 0 Å². The molecule has 0 aliphatic heterocycles. The summed E-state index contributed by atoms with van der Waals surface area (Å²) < 4.78 is 69.6. The molecule has 0 atom stereocenters. The number of hydrogen-bond acceptors (Lipinski definition) is 2. The van der Waals surface area contributed by atoms with E-state index < -0.39 is 34.8 Å². The highest BCUT2D eigenvalue weighted by Crippen LogP contribution is 2.28. The second-order valence-corrected chi connectivity index (χ2v) is 3.77. The van der Waals surface area contributed by atoms with Gasteiger partial charge in [0.15, 0.2) is 5.75 Å². The van der Waals surface area contributed by atoms with E-state index in [2.05, 4.69) is 4.74 Å². The summed E-state index contributed by atoms with van der Waals surface area (Å²) in [4.78, 5) is 1.88. The highest BCUT2D eigenvalue weighted by Gasteiger charge is 2.26. The summed E-state index contributed by atoms with van der Waals surface area (Å²) >= 11 is 0. The van der Waals surface area contributed by atoms with Crippen LogP contribution in [0.1, 0.15) is 13.8 Å². The first kappa shape index (κ1) is 15.7. The lowest BCUT2D eigenvalue weighted by Gasteiger charge is -2.18. The third kappa shape index (κ3) is 3.34. The van der Waals surface area contributed by atoms with Gasteiger partial charge >= 0.3 is 0 Å². The van der Waals surface area contributed by atoms with Gasteiger partial charge in [0, 0.05) is 6.54 Å². The maximum Gasteiger partial charge on any atom is 0.206 e. The molecule has 0 aliphatic carbocycles. The molecule has 1 rings (SSSR count). The van der Waals surface area contributed by atoms with Crippen LogP contribution in [0.25, 0.3) is 0 Å². The van der Waals surface area contributed by atoms with Crippen LogP contribution in [-0.4, -0.2) is 31.1 Å². The average Bonchev–Trinajstić information content (AvgIpc) is 2.42. The molecule has 19 heavy (non-hydrogen) atoms. The van der Waals surface area contributed by atoms with Crippen LogP contribution in [0.5, 0.6) is 5.75 Å². The van der Waals surface area contributed by atoms with Gasteiger partial charge in [-0.15, -0.1) is 0 Å². The molecule has 0 radical (unpaired) electrons. The second kappa shape index (κ2) is 6.70. The SMILES string of the molecule is CCN(CC)CCOc1c(F)c(F)c(F)c(F)c1F. The van der Waals surface area contributed by atoms with E-state index in [0.29, 0.717) is 19.6 Å². The molecular formula is C12H14F5NO. The van der Waals surface area contributed by atoms with Gasteiger partial charge in [-0.25, -0.2) is 13.2 Å². The Hall–Kier alpha value is -1.37. The Balaban J connectivity index is 2.85. The van der Waals surface area contributed by atoms with Crippen molar-refractivity contribution in [1.82, 2.24) is 4.90 Å². The summed E-state index contributed by atoms with van der Waals surface area (Å²) in [7, 11) is 0. The Bertz CT molecular complexity index is 419. The van der Waals surface area contributed by atoms with Crippen molar-refractivity contribution in [3.63, 3.8) is 0 Å². The van der Waals surface area contributed by atoms with E-state index in [9.17, 15) is 22.0 Å². The monoisotopic (exact) mass is 283 g/mol. The first-order valence-electron chi connectivity index (χ1n) is 5.80. The summed E-state index contributed by atoms with van der Waals surface area (Å²) in [5.41, 5.74) is 0. The van der Waals surface area contributed by atoms with E-state index in [1.807, 2.05) is 18.7 Å². The minimum atomic E-state index is -2.19. The molecule has 0 spiro atoms. The van der Waals surface area contributed by atoms with Crippen molar-refractivity contribution in [2.75, 3.05) is 26.2 Å². The second-order valence-electron chi connectivity index (χ2n) is 3.77. The fourth-order valence-corrected chi connectivity index (χ4v) is 1.53. The predicted molar refractivity (Wildman–Crippen MR) is 59.5 cm³/mol. The molecular weight excluding hydrogens is 269 g/mol. The van der Waals surface area contributed by atoms with Crippen molar-refractivity contribution in [1.29, 1.82) is 0 Å². The van der Waals surface area contributed by atoms with Gasteiger partial charge in [0.1, 0.15) is 6.61 Å². The van der Waals surface area contributed by atoms with E-state index in [1.165, 1.54) is 0 Å². The van der Waals surface area contributed by atoms with E-state index in [0.717, 1.165) is 0 Å². The van der Waals surface area contributed by atoms with Crippen LogP contribution in [0.3, 0.4) is 0 Å². The molecule has 0 unspecified atom stereocenters. The first-order chi connectivity index (χ1) is 8.93. The number of likely N-dealkylation sites (N-methyl/N-ethyl adjacent to an activating group) is 1. The number of ether oxygens (including phenoxy) is 1. The quantitative estimate of drug-likeness (QED) is 0.452. The van der Waals surface area contributed by atoms with Gasteiger partial charge in [-0.3, -0.25) is 0 Å². The molecule has 0 aliphatic rings. The normalized spacial score (nSPS) is 11.2. The van der Waals surface area contributed by atoms with Crippen LogP contribution < -0.4 is 4.74 Å². The molecule has 1 aromatic carbocycles. The summed E-state index contributed by atoms with van der Waals surface area (Å²) in [6, 6.07) is 0. The molecule has 0 amide bonds. The fourth-order valence-electron chi connectivity index (χ4n) is 1.53. The van der Waals surface area contributed by atoms with E-state index in [1.54, 1.807) is 0 Å². The van der Waals surface area contributed by atoms with Crippen LogP contribution in [0, 0.1) is 29.1 Å². The van der Waals surface area contributed by atoms with E-state index in [-0.39, 0.29) is 6.61 Å². The maximum atomic E-state index is 13.2. The van der Waals surface area contributed by atoms with Gasteiger partial charge in [0.05, 0.1) is 0 Å². The number of benzene rings is 1. The molecule has 0 heterocycles. The number of hydrogen-bond donors (Lipinski definition) is 0. The molecule has 0 saturated carbocycles. The predicted octanol–water partition coefficient (Wildman–Crippen LogP) is 3.10. The highest BCUT2D eigenvalue weighted by atomic mass is 19.2. The molecule has 0 fully saturated rings. The Morgan fingerprint density at radius 2 is 1.21 bits per heavy atom. The lowest BCUT2D eigenvalue weighted by atomic mass is 10.2. The summed E-state index contributed by atoms with van der Waals surface area (Å²) in [6.07, 6.45) is 0. The number of halogens is 5. The van der Waals surface area contributed by atoms with Crippen molar-refractivity contribution < 1.29 is 26.7 Å². The van der Waals surface area contributed by atoms with Crippen LogP contribution in [0.4, 0.5) is 22.0 Å². The largest absolute Gasteiger partial charge is 0.486 e.